The molecule has 0 N–H and O–H groups in total. The first-order valence-electron chi connectivity index (χ1n) is 9.20. The fourth-order valence-corrected chi connectivity index (χ4v) is 3.60. The molecule has 134 valence electrons. The third kappa shape index (κ3) is 6.10. The molecule has 5 heteroatoms. The summed E-state index contributed by atoms with van der Waals surface area (Å²) in [7, 11) is 0. The van der Waals surface area contributed by atoms with Gasteiger partial charge in [-0.15, -0.1) is 10.2 Å². The van der Waals surface area contributed by atoms with Gasteiger partial charge in [-0.2, -0.15) is 5.26 Å². The number of rotatable bonds is 11. The second-order valence-electron chi connectivity index (χ2n) is 6.71. The van der Waals surface area contributed by atoms with Crippen LogP contribution in [0.1, 0.15) is 63.9 Å². The van der Waals surface area contributed by atoms with E-state index >= 15 is 0 Å². The Hall–Kier alpha value is -1.42. The van der Waals surface area contributed by atoms with Crippen LogP contribution < -0.4 is 0 Å². The van der Waals surface area contributed by atoms with Gasteiger partial charge in [0.1, 0.15) is 18.1 Å². The van der Waals surface area contributed by atoms with Gasteiger partial charge in [0.2, 0.25) is 0 Å². The first-order chi connectivity index (χ1) is 12.2. The van der Waals surface area contributed by atoms with Gasteiger partial charge >= 0.3 is 0 Å². The Morgan fingerprint density at radius 2 is 1.60 bits per heavy atom. The highest BCUT2D eigenvalue weighted by Crippen LogP contribution is 2.32. The largest absolute Gasteiger partial charge is 0.318 e. The van der Waals surface area contributed by atoms with E-state index in [-0.39, 0.29) is 0 Å². The summed E-state index contributed by atoms with van der Waals surface area (Å²) in [6, 6.07) is 11.0. The van der Waals surface area contributed by atoms with Crippen LogP contribution in [-0.2, 0) is 12.0 Å². The molecule has 25 heavy (non-hydrogen) atoms. The molecule has 1 unspecified atom stereocenters. The molecule has 2 rings (SSSR count). The Labute approximate surface area is 164 Å². The molecule has 2 aromatic rings. The topological polar surface area (TPSA) is 54.5 Å². The predicted octanol–water partition coefficient (Wildman–Crippen LogP) is 5.48. The van der Waals surface area contributed by atoms with Gasteiger partial charge in [-0.1, -0.05) is 64.0 Å². The number of hydrogen-bond acceptors (Lipinski definition) is 3. The molecule has 0 aliphatic heterocycles. The second kappa shape index (κ2) is 10.5. The van der Waals surface area contributed by atoms with Crippen molar-refractivity contribution >= 4 is 22.6 Å². The molecule has 1 aromatic carbocycles. The summed E-state index contributed by atoms with van der Waals surface area (Å²) in [5.74, 6) is 0. The molecule has 0 aliphatic rings. The number of unbranched alkanes of at least 4 members (excludes halogenated alkanes) is 6. The van der Waals surface area contributed by atoms with Crippen molar-refractivity contribution < 1.29 is 0 Å². The maximum atomic E-state index is 10.1. The molecule has 0 saturated carbocycles. The molecule has 0 saturated heterocycles. The summed E-state index contributed by atoms with van der Waals surface area (Å²) in [6.45, 7) is 2.85. The van der Waals surface area contributed by atoms with E-state index in [2.05, 4.69) is 70.0 Å². The van der Waals surface area contributed by atoms with Gasteiger partial charge in [0, 0.05) is 10.1 Å². The standard InChI is InChI=1S/C20H27IN4/c1-2-3-4-5-6-7-8-13-20(14-22,15-25-16-23-24-17-25)18-9-11-19(21)12-10-18/h9-12,16-17H,2-8,13,15H2,1H3. The summed E-state index contributed by atoms with van der Waals surface area (Å²) in [4.78, 5) is 0. The minimum Gasteiger partial charge on any atom is -0.318 e. The molecule has 1 aromatic heterocycles. The summed E-state index contributed by atoms with van der Waals surface area (Å²) in [6.07, 6.45) is 13.1. The van der Waals surface area contributed by atoms with Gasteiger partial charge in [-0.3, -0.25) is 0 Å². The number of aromatic nitrogens is 3. The van der Waals surface area contributed by atoms with Gasteiger partial charge in [-0.05, 0) is 46.7 Å². The summed E-state index contributed by atoms with van der Waals surface area (Å²) in [5.41, 5.74) is 0.575. The molecule has 0 bridgehead atoms. The van der Waals surface area contributed by atoms with Crippen LogP contribution in [-0.4, -0.2) is 14.8 Å². The smallest absolute Gasteiger partial charge is 0.119 e. The predicted molar refractivity (Wildman–Crippen MR) is 109 cm³/mol. The number of hydrogen-bond donors (Lipinski definition) is 0. The van der Waals surface area contributed by atoms with E-state index in [9.17, 15) is 5.26 Å². The Morgan fingerprint density at radius 3 is 2.20 bits per heavy atom. The van der Waals surface area contributed by atoms with Gasteiger partial charge in [0.25, 0.3) is 0 Å². The quantitative estimate of drug-likeness (QED) is 0.336. The molecule has 0 fully saturated rings. The van der Waals surface area contributed by atoms with E-state index in [0.29, 0.717) is 6.54 Å². The SMILES string of the molecule is CCCCCCCCCC(C#N)(Cn1cnnc1)c1ccc(I)cc1. The number of nitriles is 1. The number of benzene rings is 1. The van der Waals surface area contributed by atoms with E-state index in [0.717, 1.165) is 18.4 Å². The fraction of sp³-hybridized carbons (Fsp3) is 0.550. The van der Waals surface area contributed by atoms with Crippen LogP contribution in [0, 0.1) is 14.9 Å². The average molecular weight is 450 g/mol. The van der Waals surface area contributed by atoms with Gasteiger partial charge in [0.05, 0.1) is 6.07 Å². The third-order valence-corrected chi connectivity index (χ3v) is 5.46. The van der Waals surface area contributed by atoms with Crippen LogP contribution in [0.2, 0.25) is 0 Å². The van der Waals surface area contributed by atoms with Crippen LogP contribution in [0.3, 0.4) is 0 Å². The lowest BCUT2D eigenvalue weighted by Crippen LogP contribution is -2.30. The lowest BCUT2D eigenvalue weighted by atomic mass is 9.77. The van der Waals surface area contributed by atoms with Gasteiger partial charge in [0.15, 0.2) is 0 Å². The van der Waals surface area contributed by atoms with Gasteiger partial charge < -0.3 is 4.57 Å². The minimum absolute atomic E-state index is 0.518. The van der Waals surface area contributed by atoms with E-state index in [1.165, 1.54) is 42.1 Å². The number of halogens is 1. The van der Waals surface area contributed by atoms with Crippen molar-refractivity contribution in [2.75, 3.05) is 0 Å². The monoisotopic (exact) mass is 450 g/mol. The molecule has 1 atom stereocenters. The van der Waals surface area contributed by atoms with Crippen molar-refractivity contribution in [3.63, 3.8) is 0 Å². The van der Waals surface area contributed by atoms with E-state index < -0.39 is 5.41 Å². The maximum Gasteiger partial charge on any atom is 0.119 e. The normalized spacial score (nSPS) is 13.3. The lowest BCUT2D eigenvalue weighted by Gasteiger charge is -2.27. The van der Waals surface area contributed by atoms with Crippen LogP contribution in [0.5, 0.6) is 0 Å². The van der Waals surface area contributed by atoms with Crippen LogP contribution >= 0.6 is 22.6 Å². The highest BCUT2D eigenvalue weighted by Gasteiger charge is 2.32. The van der Waals surface area contributed by atoms with Crippen molar-refractivity contribution in [2.45, 2.75) is 70.3 Å². The van der Waals surface area contributed by atoms with Crippen molar-refractivity contribution in [1.29, 1.82) is 5.26 Å². The third-order valence-electron chi connectivity index (χ3n) is 4.74. The average Bonchev–Trinajstić information content (AvgIpc) is 3.13. The Balaban J connectivity index is 2.03. The van der Waals surface area contributed by atoms with Crippen molar-refractivity contribution in [1.82, 2.24) is 14.8 Å². The number of nitrogens with zero attached hydrogens (tertiary/aromatic N) is 4. The van der Waals surface area contributed by atoms with E-state index in [1.54, 1.807) is 12.7 Å². The highest BCUT2D eigenvalue weighted by atomic mass is 127. The van der Waals surface area contributed by atoms with Crippen LogP contribution in [0.4, 0.5) is 0 Å². The highest BCUT2D eigenvalue weighted by molar-refractivity contribution is 14.1. The van der Waals surface area contributed by atoms with Crippen LogP contribution in [0.15, 0.2) is 36.9 Å². The van der Waals surface area contributed by atoms with Crippen molar-refractivity contribution in [3.05, 3.63) is 46.1 Å². The molecule has 0 spiro atoms. The summed E-state index contributed by atoms with van der Waals surface area (Å²) >= 11 is 2.30. The zero-order valence-corrected chi connectivity index (χ0v) is 17.2. The zero-order chi connectivity index (χ0) is 18.0. The molecule has 0 radical (unpaired) electrons. The molecular formula is C20H27IN4. The molecule has 1 heterocycles. The Kier molecular flexibility index (Phi) is 8.39. The fourth-order valence-electron chi connectivity index (χ4n) is 3.24. The van der Waals surface area contributed by atoms with Crippen molar-refractivity contribution in [2.24, 2.45) is 0 Å². The lowest BCUT2D eigenvalue weighted by molar-refractivity contribution is 0.402. The Morgan fingerprint density at radius 1 is 1.00 bits per heavy atom. The maximum absolute atomic E-state index is 10.1. The zero-order valence-electron chi connectivity index (χ0n) is 15.0. The molecule has 4 nitrogen and oxygen atoms in total. The molecule has 0 aliphatic carbocycles. The first kappa shape index (κ1) is 19.9. The van der Waals surface area contributed by atoms with Crippen LogP contribution in [0.25, 0.3) is 0 Å². The van der Waals surface area contributed by atoms with Gasteiger partial charge in [-0.25, -0.2) is 0 Å². The summed E-state index contributed by atoms with van der Waals surface area (Å²) < 4.78 is 3.11. The minimum atomic E-state index is -0.518. The summed E-state index contributed by atoms with van der Waals surface area (Å²) in [5, 5.41) is 17.8. The molecule has 0 amide bonds. The molecular weight excluding hydrogens is 423 g/mol. The van der Waals surface area contributed by atoms with E-state index in [1.807, 2.05) is 4.57 Å². The first-order valence-corrected chi connectivity index (χ1v) is 10.3. The Bertz CT molecular complexity index is 645. The van der Waals surface area contributed by atoms with E-state index in [4.69, 9.17) is 0 Å². The second-order valence-corrected chi connectivity index (χ2v) is 7.95. The van der Waals surface area contributed by atoms with Crippen molar-refractivity contribution in [3.8, 4) is 6.07 Å².